The van der Waals surface area contributed by atoms with Gasteiger partial charge in [0.15, 0.2) is 17.5 Å². The molecule has 0 bridgehead atoms. The van der Waals surface area contributed by atoms with E-state index in [9.17, 15) is 13.2 Å². The quantitative estimate of drug-likeness (QED) is 0.766. The molecule has 0 saturated heterocycles. The summed E-state index contributed by atoms with van der Waals surface area (Å²) in [5.74, 6) is -3.94. The molecular weight excluding hydrogens is 389 g/mol. The third-order valence-corrected chi connectivity index (χ3v) is 3.45. The lowest BCUT2D eigenvalue weighted by atomic mass is 10.2. The first-order valence-electron chi connectivity index (χ1n) is 5.15. The summed E-state index contributed by atoms with van der Waals surface area (Å²) in [7, 11) is 0. The Labute approximate surface area is 124 Å². The van der Waals surface area contributed by atoms with E-state index in [0.29, 0.717) is 5.69 Å². The lowest BCUT2D eigenvalue weighted by molar-refractivity contribution is 0.447. The molecule has 0 aliphatic carbocycles. The highest BCUT2D eigenvalue weighted by Gasteiger charge is 2.10. The second kappa shape index (κ2) is 5.92. The fourth-order valence-electron chi connectivity index (χ4n) is 1.42. The summed E-state index contributed by atoms with van der Waals surface area (Å²) in [4.78, 5) is 4.14. The third-order valence-electron chi connectivity index (χ3n) is 2.33. The highest BCUT2D eigenvalue weighted by atomic mass is 79.9. The van der Waals surface area contributed by atoms with Gasteiger partial charge >= 0.3 is 0 Å². The number of hydrogen-bond donors (Lipinski definition) is 1. The molecule has 19 heavy (non-hydrogen) atoms. The molecule has 2 aromatic rings. The zero-order valence-corrected chi connectivity index (χ0v) is 12.5. The minimum atomic E-state index is -1.48. The van der Waals surface area contributed by atoms with E-state index in [-0.39, 0.29) is 12.2 Å². The first-order chi connectivity index (χ1) is 8.97. The zero-order valence-electron chi connectivity index (χ0n) is 9.35. The maximum atomic E-state index is 13.0. The van der Waals surface area contributed by atoms with Gasteiger partial charge in [-0.05, 0) is 37.9 Å². The van der Waals surface area contributed by atoms with Crippen molar-refractivity contribution in [3.8, 4) is 0 Å². The van der Waals surface area contributed by atoms with E-state index < -0.39 is 17.5 Å². The van der Waals surface area contributed by atoms with Crippen molar-refractivity contribution in [1.29, 1.82) is 0 Å². The second-order valence-corrected chi connectivity index (χ2v) is 5.46. The lowest BCUT2D eigenvalue weighted by Gasteiger charge is -2.08. The third kappa shape index (κ3) is 3.48. The molecule has 2 rings (SSSR count). The number of aromatic nitrogens is 1. The summed E-state index contributed by atoms with van der Waals surface area (Å²) >= 11 is 6.59. The molecule has 0 radical (unpaired) electrons. The fraction of sp³-hybridized carbons (Fsp3) is 0.0833. The number of nitrogens with one attached hydrogen (secondary N) is 1. The van der Waals surface area contributed by atoms with Crippen LogP contribution in [0.5, 0.6) is 0 Å². The molecule has 100 valence electrons. The topological polar surface area (TPSA) is 24.9 Å². The summed E-state index contributed by atoms with van der Waals surface area (Å²) in [6, 6.07) is 3.59. The molecule has 0 spiro atoms. The van der Waals surface area contributed by atoms with Gasteiger partial charge in [0.25, 0.3) is 0 Å². The Morgan fingerprint density at radius 2 is 1.68 bits per heavy atom. The summed E-state index contributed by atoms with van der Waals surface area (Å²) in [6.45, 7) is 0.248. The summed E-state index contributed by atoms with van der Waals surface area (Å²) < 4.78 is 40.4. The number of halogens is 5. The maximum Gasteiger partial charge on any atom is 0.194 e. The molecule has 1 heterocycles. The van der Waals surface area contributed by atoms with E-state index >= 15 is 0 Å². The van der Waals surface area contributed by atoms with Gasteiger partial charge in [0.1, 0.15) is 0 Å². The van der Waals surface area contributed by atoms with Crippen molar-refractivity contribution in [1.82, 2.24) is 4.98 Å². The molecular formula is C12H7Br2F3N2. The van der Waals surface area contributed by atoms with Crippen LogP contribution in [0.4, 0.5) is 18.9 Å². The van der Waals surface area contributed by atoms with E-state index in [1.807, 2.05) is 0 Å². The molecule has 0 saturated carbocycles. The smallest absolute Gasteiger partial charge is 0.194 e. The molecule has 0 aliphatic heterocycles. The van der Waals surface area contributed by atoms with Crippen LogP contribution in [0, 0.1) is 17.5 Å². The van der Waals surface area contributed by atoms with Gasteiger partial charge in [0, 0.05) is 33.0 Å². The minimum Gasteiger partial charge on any atom is -0.379 e. The standard InChI is InChI=1S/C12H7Br2F3N2/c13-6-1-8(14)11(19-4-6)5-18-7-2-9(15)12(17)10(16)3-7/h1-4,18H,5H2. The minimum absolute atomic E-state index is 0.146. The van der Waals surface area contributed by atoms with E-state index in [1.165, 1.54) is 0 Å². The van der Waals surface area contributed by atoms with Crippen molar-refractivity contribution < 1.29 is 13.2 Å². The van der Waals surface area contributed by atoms with Crippen molar-refractivity contribution in [2.24, 2.45) is 0 Å². The van der Waals surface area contributed by atoms with Gasteiger partial charge in [-0.3, -0.25) is 4.98 Å². The van der Waals surface area contributed by atoms with Crippen LogP contribution < -0.4 is 5.32 Å². The molecule has 0 aliphatic rings. The predicted octanol–water partition coefficient (Wildman–Crippen LogP) is 4.64. The SMILES string of the molecule is Fc1cc(NCc2ncc(Br)cc2Br)cc(F)c1F. The van der Waals surface area contributed by atoms with Crippen molar-refractivity contribution >= 4 is 37.5 Å². The first-order valence-corrected chi connectivity index (χ1v) is 6.74. The molecule has 2 nitrogen and oxygen atoms in total. The molecule has 0 fully saturated rings. The molecule has 0 amide bonds. The highest BCUT2D eigenvalue weighted by Crippen LogP contribution is 2.22. The Hall–Kier alpha value is -1.08. The molecule has 1 N–H and O–H groups in total. The van der Waals surface area contributed by atoms with Gasteiger partial charge < -0.3 is 5.32 Å². The Bertz CT molecular complexity index is 597. The van der Waals surface area contributed by atoms with Crippen LogP contribution in [0.3, 0.4) is 0 Å². The number of nitrogens with zero attached hydrogens (tertiary/aromatic N) is 1. The van der Waals surface area contributed by atoms with Crippen LogP contribution in [-0.2, 0) is 6.54 Å². The van der Waals surface area contributed by atoms with Crippen LogP contribution in [0.1, 0.15) is 5.69 Å². The van der Waals surface area contributed by atoms with Crippen molar-refractivity contribution in [2.75, 3.05) is 5.32 Å². The summed E-state index contributed by atoms with van der Waals surface area (Å²) in [6.07, 6.45) is 1.60. The Morgan fingerprint density at radius 3 is 2.26 bits per heavy atom. The zero-order chi connectivity index (χ0) is 14.0. The van der Waals surface area contributed by atoms with Gasteiger partial charge in [-0.1, -0.05) is 0 Å². The van der Waals surface area contributed by atoms with Gasteiger partial charge in [-0.25, -0.2) is 13.2 Å². The van der Waals surface area contributed by atoms with Gasteiger partial charge in [-0.2, -0.15) is 0 Å². The van der Waals surface area contributed by atoms with E-state index in [1.54, 1.807) is 12.3 Å². The number of anilines is 1. The van der Waals surface area contributed by atoms with Crippen LogP contribution >= 0.6 is 31.9 Å². The lowest BCUT2D eigenvalue weighted by Crippen LogP contribution is -2.04. The summed E-state index contributed by atoms with van der Waals surface area (Å²) in [5, 5.41) is 2.78. The van der Waals surface area contributed by atoms with E-state index in [2.05, 4.69) is 42.2 Å². The highest BCUT2D eigenvalue weighted by molar-refractivity contribution is 9.11. The average molecular weight is 396 g/mol. The largest absolute Gasteiger partial charge is 0.379 e. The monoisotopic (exact) mass is 394 g/mol. The van der Waals surface area contributed by atoms with Crippen molar-refractivity contribution in [2.45, 2.75) is 6.54 Å². The fourth-order valence-corrected chi connectivity index (χ4v) is 2.54. The Morgan fingerprint density at radius 1 is 1.05 bits per heavy atom. The number of pyridine rings is 1. The number of rotatable bonds is 3. The van der Waals surface area contributed by atoms with Crippen molar-refractivity contribution in [3.05, 3.63) is 56.5 Å². The normalized spacial score (nSPS) is 10.6. The van der Waals surface area contributed by atoms with Gasteiger partial charge in [0.2, 0.25) is 0 Å². The van der Waals surface area contributed by atoms with Crippen LogP contribution in [0.25, 0.3) is 0 Å². The number of hydrogen-bond acceptors (Lipinski definition) is 2. The summed E-state index contributed by atoms with van der Waals surface area (Å²) in [5.41, 5.74) is 0.807. The molecule has 1 aromatic heterocycles. The van der Waals surface area contributed by atoms with Crippen LogP contribution in [0.2, 0.25) is 0 Å². The average Bonchev–Trinajstić information content (AvgIpc) is 2.34. The van der Waals surface area contributed by atoms with Crippen LogP contribution in [-0.4, -0.2) is 4.98 Å². The predicted molar refractivity (Wildman–Crippen MR) is 73.3 cm³/mol. The molecule has 0 unspecified atom stereocenters. The first kappa shape index (κ1) is 14.3. The Balaban J connectivity index is 2.14. The van der Waals surface area contributed by atoms with E-state index in [0.717, 1.165) is 21.1 Å². The van der Waals surface area contributed by atoms with Crippen LogP contribution in [0.15, 0.2) is 33.3 Å². The van der Waals surface area contributed by atoms with Gasteiger partial charge in [0.05, 0.1) is 12.2 Å². The number of benzene rings is 1. The molecule has 7 heteroatoms. The van der Waals surface area contributed by atoms with Crippen molar-refractivity contribution in [3.63, 3.8) is 0 Å². The molecule has 1 aromatic carbocycles. The van der Waals surface area contributed by atoms with E-state index in [4.69, 9.17) is 0 Å². The maximum absolute atomic E-state index is 13.0. The van der Waals surface area contributed by atoms with Gasteiger partial charge in [-0.15, -0.1) is 0 Å². The Kier molecular flexibility index (Phi) is 4.46. The second-order valence-electron chi connectivity index (χ2n) is 3.69. The molecule has 0 atom stereocenters.